The normalized spacial score (nSPS) is 24.6. The van der Waals surface area contributed by atoms with E-state index in [-0.39, 0.29) is 23.4 Å². The van der Waals surface area contributed by atoms with Crippen molar-refractivity contribution in [1.29, 1.82) is 0 Å². The predicted molar refractivity (Wildman–Crippen MR) is 84.5 cm³/mol. The molecule has 0 bridgehead atoms. The summed E-state index contributed by atoms with van der Waals surface area (Å²) < 4.78 is 20.5. The fraction of sp³-hybridized carbons (Fsp3) is 0.625. The minimum Gasteiger partial charge on any atom is -0.379 e. The van der Waals surface area contributed by atoms with Gasteiger partial charge >= 0.3 is 0 Å². The molecule has 20 heavy (non-hydrogen) atoms. The zero-order chi connectivity index (χ0) is 14.9. The summed E-state index contributed by atoms with van der Waals surface area (Å²) in [5.41, 5.74) is 0.586. The maximum absolute atomic E-state index is 13.9. The van der Waals surface area contributed by atoms with Crippen LogP contribution in [0.5, 0.6) is 0 Å². The summed E-state index contributed by atoms with van der Waals surface area (Å²) in [5.74, 6) is 0.323. The van der Waals surface area contributed by atoms with Crippen LogP contribution in [0.2, 0.25) is 0 Å². The van der Waals surface area contributed by atoms with E-state index >= 15 is 0 Å². The molecule has 0 heterocycles. The molecule has 2 atom stereocenters. The fourth-order valence-electron chi connectivity index (χ4n) is 2.52. The molecule has 0 saturated heterocycles. The SMILES string of the molecule is CC(C)COC1CC(Nc2ccc(Br)cc2F)C1(C)C. The van der Waals surface area contributed by atoms with E-state index in [9.17, 15) is 4.39 Å². The van der Waals surface area contributed by atoms with Gasteiger partial charge in [-0.25, -0.2) is 4.39 Å². The molecule has 1 aliphatic carbocycles. The number of hydrogen-bond acceptors (Lipinski definition) is 2. The molecule has 1 saturated carbocycles. The van der Waals surface area contributed by atoms with Crippen LogP contribution >= 0.6 is 15.9 Å². The highest BCUT2D eigenvalue weighted by molar-refractivity contribution is 9.10. The molecule has 0 radical (unpaired) electrons. The van der Waals surface area contributed by atoms with Gasteiger partial charge in [-0.3, -0.25) is 0 Å². The van der Waals surface area contributed by atoms with E-state index in [2.05, 4.69) is 48.9 Å². The summed E-state index contributed by atoms with van der Waals surface area (Å²) >= 11 is 3.27. The van der Waals surface area contributed by atoms with E-state index in [1.54, 1.807) is 6.07 Å². The van der Waals surface area contributed by atoms with Crippen LogP contribution in [0.3, 0.4) is 0 Å². The largest absolute Gasteiger partial charge is 0.379 e. The standard InChI is InChI=1S/C16H23BrFNO/c1-10(2)9-20-15-8-14(16(15,3)4)19-13-6-5-11(17)7-12(13)18/h5-7,10,14-15,19H,8-9H2,1-4H3. The summed E-state index contributed by atoms with van der Waals surface area (Å²) in [6.45, 7) is 9.44. The van der Waals surface area contributed by atoms with Gasteiger partial charge < -0.3 is 10.1 Å². The van der Waals surface area contributed by atoms with Crippen molar-refractivity contribution in [3.8, 4) is 0 Å². The Balaban J connectivity index is 1.95. The number of ether oxygens (including phenoxy) is 1. The minimum atomic E-state index is -0.221. The lowest BCUT2D eigenvalue weighted by molar-refractivity contribution is -0.108. The van der Waals surface area contributed by atoms with Gasteiger partial charge in [-0.15, -0.1) is 0 Å². The first-order valence-electron chi connectivity index (χ1n) is 7.14. The van der Waals surface area contributed by atoms with Crippen LogP contribution in [0.25, 0.3) is 0 Å². The van der Waals surface area contributed by atoms with Gasteiger partial charge in [-0.05, 0) is 30.5 Å². The first-order valence-corrected chi connectivity index (χ1v) is 7.93. The second kappa shape index (κ2) is 6.02. The average molecular weight is 344 g/mol. The van der Waals surface area contributed by atoms with Gasteiger partial charge in [0.05, 0.1) is 11.8 Å². The summed E-state index contributed by atoms with van der Waals surface area (Å²) in [6.07, 6.45) is 1.18. The molecule has 2 unspecified atom stereocenters. The topological polar surface area (TPSA) is 21.3 Å². The van der Waals surface area contributed by atoms with Crippen molar-refractivity contribution >= 4 is 21.6 Å². The molecular formula is C16H23BrFNO. The summed E-state index contributed by atoms with van der Waals surface area (Å²) in [5, 5.41) is 3.31. The molecule has 1 fully saturated rings. The molecule has 1 aliphatic rings. The summed E-state index contributed by atoms with van der Waals surface area (Å²) in [4.78, 5) is 0. The quantitative estimate of drug-likeness (QED) is 0.825. The Bertz CT molecular complexity index is 476. The molecule has 0 aliphatic heterocycles. The number of benzene rings is 1. The smallest absolute Gasteiger partial charge is 0.147 e. The lowest BCUT2D eigenvalue weighted by Gasteiger charge is -2.52. The molecule has 1 aromatic carbocycles. The molecule has 1 aromatic rings. The van der Waals surface area contributed by atoms with Crippen LogP contribution in [0.4, 0.5) is 10.1 Å². The molecule has 4 heteroatoms. The third-order valence-corrected chi connectivity index (χ3v) is 4.56. The van der Waals surface area contributed by atoms with Gasteiger partial charge in [0.2, 0.25) is 0 Å². The maximum atomic E-state index is 13.9. The van der Waals surface area contributed by atoms with Gasteiger partial charge in [-0.2, -0.15) is 0 Å². The van der Waals surface area contributed by atoms with Crippen molar-refractivity contribution in [1.82, 2.24) is 0 Å². The molecule has 0 spiro atoms. The van der Waals surface area contributed by atoms with Crippen LogP contribution in [0.1, 0.15) is 34.1 Å². The van der Waals surface area contributed by atoms with Gasteiger partial charge in [-0.1, -0.05) is 43.6 Å². The van der Waals surface area contributed by atoms with E-state index in [0.717, 1.165) is 17.5 Å². The highest BCUT2D eigenvalue weighted by Crippen LogP contribution is 2.44. The Hall–Kier alpha value is -0.610. The first-order chi connectivity index (χ1) is 9.30. The van der Waals surface area contributed by atoms with Gasteiger partial charge in [0.25, 0.3) is 0 Å². The lowest BCUT2D eigenvalue weighted by Crippen LogP contribution is -2.58. The number of rotatable bonds is 5. The summed E-state index contributed by atoms with van der Waals surface area (Å²) in [6, 6.07) is 5.36. The van der Waals surface area contributed by atoms with Gasteiger partial charge in [0.1, 0.15) is 5.82 Å². The average Bonchev–Trinajstić information content (AvgIpc) is 2.34. The van der Waals surface area contributed by atoms with Crippen LogP contribution < -0.4 is 5.32 Å². The fourth-order valence-corrected chi connectivity index (χ4v) is 2.85. The highest BCUT2D eigenvalue weighted by atomic mass is 79.9. The van der Waals surface area contributed by atoms with Crippen molar-refractivity contribution in [3.63, 3.8) is 0 Å². The summed E-state index contributed by atoms with van der Waals surface area (Å²) in [7, 11) is 0. The van der Waals surface area contributed by atoms with E-state index in [4.69, 9.17) is 4.74 Å². The van der Waals surface area contributed by atoms with E-state index < -0.39 is 0 Å². The molecule has 0 amide bonds. The van der Waals surface area contributed by atoms with Crippen LogP contribution in [0.15, 0.2) is 22.7 Å². The number of hydrogen-bond donors (Lipinski definition) is 1. The zero-order valence-corrected chi connectivity index (χ0v) is 14.1. The molecule has 1 N–H and O–H groups in total. The maximum Gasteiger partial charge on any atom is 0.147 e. The van der Waals surface area contributed by atoms with Crippen molar-refractivity contribution in [2.45, 2.75) is 46.3 Å². The molecule has 2 rings (SSSR count). The Labute approximate surface area is 129 Å². The van der Waals surface area contributed by atoms with Crippen LogP contribution in [0, 0.1) is 17.2 Å². The van der Waals surface area contributed by atoms with Crippen molar-refractivity contribution in [2.75, 3.05) is 11.9 Å². The van der Waals surface area contributed by atoms with Crippen molar-refractivity contribution in [2.24, 2.45) is 11.3 Å². The van der Waals surface area contributed by atoms with E-state index in [1.807, 2.05) is 6.07 Å². The Kier molecular flexibility index (Phi) is 4.75. The van der Waals surface area contributed by atoms with Gasteiger partial charge in [0, 0.05) is 22.5 Å². The van der Waals surface area contributed by atoms with Crippen LogP contribution in [-0.4, -0.2) is 18.8 Å². The predicted octanol–water partition coefficient (Wildman–Crippen LogP) is 4.84. The molecule has 112 valence electrons. The van der Waals surface area contributed by atoms with Crippen molar-refractivity contribution in [3.05, 3.63) is 28.5 Å². The lowest BCUT2D eigenvalue weighted by atomic mass is 9.64. The Morgan fingerprint density at radius 1 is 1.45 bits per heavy atom. The number of anilines is 1. The monoisotopic (exact) mass is 343 g/mol. The third-order valence-electron chi connectivity index (χ3n) is 4.07. The van der Waals surface area contributed by atoms with Crippen LogP contribution in [-0.2, 0) is 4.74 Å². The number of nitrogens with one attached hydrogen (secondary N) is 1. The van der Waals surface area contributed by atoms with Gasteiger partial charge in [0.15, 0.2) is 0 Å². The van der Waals surface area contributed by atoms with E-state index in [0.29, 0.717) is 11.6 Å². The molecule has 2 nitrogen and oxygen atoms in total. The Morgan fingerprint density at radius 2 is 2.15 bits per heavy atom. The zero-order valence-electron chi connectivity index (χ0n) is 12.5. The minimum absolute atomic E-state index is 0.0222. The highest BCUT2D eigenvalue weighted by Gasteiger charge is 2.49. The Morgan fingerprint density at radius 3 is 2.70 bits per heavy atom. The van der Waals surface area contributed by atoms with Crippen molar-refractivity contribution < 1.29 is 9.13 Å². The number of halogens is 2. The second-order valence-electron chi connectivity index (χ2n) is 6.59. The van der Waals surface area contributed by atoms with E-state index in [1.165, 1.54) is 6.07 Å². The third kappa shape index (κ3) is 3.34. The molecule has 0 aromatic heterocycles. The molecular weight excluding hydrogens is 321 g/mol. The first kappa shape index (κ1) is 15.8. The second-order valence-corrected chi connectivity index (χ2v) is 7.51.